The van der Waals surface area contributed by atoms with Gasteiger partial charge >= 0.3 is 6.18 Å². The molecule has 32 heavy (non-hydrogen) atoms. The molecule has 0 aliphatic rings. The summed E-state index contributed by atoms with van der Waals surface area (Å²) in [6.45, 7) is 2.03. The molecule has 7 heteroatoms. The van der Waals surface area contributed by atoms with Crippen molar-refractivity contribution < 1.29 is 30.7 Å². The highest BCUT2D eigenvalue weighted by atomic mass is 19.4. The van der Waals surface area contributed by atoms with Crippen LogP contribution in [0.25, 0.3) is 28.3 Å². The molecule has 0 aliphatic carbocycles. The van der Waals surface area contributed by atoms with Gasteiger partial charge < -0.3 is 0 Å². The maximum Gasteiger partial charge on any atom is 0.409 e. The minimum Gasteiger partial charge on any atom is -0.206 e. The van der Waals surface area contributed by atoms with Crippen LogP contribution in [0.1, 0.15) is 30.9 Å². The molecule has 3 rings (SSSR count). The normalized spacial score (nSPS) is 12.0. The van der Waals surface area contributed by atoms with Crippen molar-refractivity contribution in [3.63, 3.8) is 0 Å². The molecule has 0 aliphatic heterocycles. The van der Waals surface area contributed by atoms with Gasteiger partial charge in [0.15, 0.2) is 0 Å². The highest BCUT2D eigenvalue weighted by Crippen LogP contribution is 2.32. The van der Waals surface area contributed by atoms with Crippen LogP contribution in [0.2, 0.25) is 0 Å². The fraction of sp³-hybridized carbons (Fsp3) is 0.200. The Balaban J connectivity index is 1.93. The lowest BCUT2D eigenvalue weighted by atomic mass is 9.97. The summed E-state index contributed by atoms with van der Waals surface area (Å²) in [7, 11) is 0. The summed E-state index contributed by atoms with van der Waals surface area (Å²) in [5.41, 5.74) is 0.0165. The molecule has 0 spiro atoms. The predicted molar refractivity (Wildman–Crippen MR) is 111 cm³/mol. The summed E-state index contributed by atoms with van der Waals surface area (Å²) in [6, 6.07) is 9.92. The van der Waals surface area contributed by atoms with Gasteiger partial charge in [-0.1, -0.05) is 37.6 Å². The Labute approximate surface area is 181 Å². The molecule has 0 atom stereocenters. The SMILES string of the molecule is CCCCc1ccc(-c2ccc(-c3cc(F)c(/C=C/C(F)(F)F)c(F)c3)c(F)c2)c(F)c1. The lowest BCUT2D eigenvalue weighted by molar-refractivity contribution is -0.0790. The number of alkyl halides is 3. The molecule has 0 saturated carbocycles. The average Bonchev–Trinajstić information content (AvgIpc) is 2.70. The lowest BCUT2D eigenvalue weighted by Gasteiger charge is -2.10. The van der Waals surface area contributed by atoms with E-state index in [1.54, 1.807) is 12.1 Å². The van der Waals surface area contributed by atoms with Crippen LogP contribution < -0.4 is 0 Å². The van der Waals surface area contributed by atoms with Gasteiger partial charge in [-0.15, -0.1) is 0 Å². The topological polar surface area (TPSA) is 0 Å². The second kappa shape index (κ2) is 9.59. The Morgan fingerprint density at radius 2 is 1.28 bits per heavy atom. The van der Waals surface area contributed by atoms with Crippen LogP contribution in [0.4, 0.5) is 30.7 Å². The third-order valence-electron chi connectivity index (χ3n) is 4.96. The van der Waals surface area contributed by atoms with E-state index in [2.05, 4.69) is 0 Å². The highest BCUT2D eigenvalue weighted by molar-refractivity contribution is 5.72. The minimum absolute atomic E-state index is 0.169. The van der Waals surface area contributed by atoms with Crippen LogP contribution in [0.5, 0.6) is 0 Å². The lowest BCUT2D eigenvalue weighted by Crippen LogP contribution is -2.01. The summed E-state index contributed by atoms with van der Waals surface area (Å²) in [6.07, 6.45) is -2.13. The van der Waals surface area contributed by atoms with E-state index >= 15 is 0 Å². The fourth-order valence-electron chi connectivity index (χ4n) is 3.32. The Bertz CT molecular complexity index is 1120. The van der Waals surface area contributed by atoms with E-state index in [0.717, 1.165) is 43.0 Å². The van der Waals surface area contributed by atoms with Crippen molar-refractivity contribution in [2.75, 3.05) is 0 Å². The molecule has 168 valence electrons. The first-order valence-electron chi connectivity index (χ1n) is 9.92. The Hall–Kier alpha value is -3.09. The first-order chi connectivity index (χ1) is 15.1. The van der Waals surface area contributed by atoms with E-state index in [0.29, 0.717) is 0 Å². The quantitative estimate of drug-likeness (QED) is 0.329. The van der Waals surface area contributed by atoms with Crippen molar-refractivity contribution in [1.29, 1.82) is 0 Å². The molecule has 3 aromatic carbocycles. The van der Waals surface area contributed by atoms with E-state index in [4.69, 9.17) is 0 Å². The van der Waals surface area contributed by atoms with Crippen molar-refractivity contribution in [3.8, 4) is 22.3 Å². The summed E-state index contributed by atoms with van der Waals surface area (Å²) in [5, 5.41) is 0. The van der Waals surface area contributed by atoms with Gasteiger partial charge in [0.1, 0.15) is 23.3 Å². The number of rotatable bonds is 6. The van der Waals surface area contributed by atoms with Gasteiger partial charge in [0.2, 0.25) is 0 Å². The molecule has 0 unspecified atom stereocenters. The average molecular weight is 452 g/mol. The first kappa shape index (κ1) is 23.6. The number of hydrogen-bond donors (Lipinski definition) is 0. The minimum atomic E-state index is -4.73. The molecule has 0 amide bonds. The van der Waals surface area contributed by atoms with Crippen molar-refractivity contribution in [2.24, 2.45) is 0 Å². The van der Waals surface area contributed by atoms with Gasteiger partial charge in [-0.3, -0.25) is 0 Å². The van der Waals surface area contributed by atoms with Gasteiger partial charge in [0.05, 0.1) is 0 Å². The standard InChI is InChI=1S/C25H19F7/c1-2-3-4-15-5-7-18(21(26)11-15)16-6-8-19(22(27)12-16)17-13-23(28)20(24(29)14-17)9-10-25(30,31)32/h5-14H,2-4H2,1H3/b10-9+. The zero-order valence-corrected chi connectivity index (χ0v) is 17.0. The van der Waals surface area contributed by atoms with E-state index < -0.39 is 35.0 Å². The number of unbranched alkanes of at least 4 members (excludes halogenated alkanes) is 1. The van der Waals surface area contributed by atoms with Crippen LogP contribution in [0.3, 0.4) is 0 Å². The van der Waals surface area contributed by atoms with Crippen LogP contribution in [-0.4, -0.2) is 6.18 Å². The molecule has 0 radical (unpaired) electrons. The number of aryl methyl sites for hydroxylation is 1. The first-order valence-corrected chi connectivity index (χ1v) is 9.92. The molecule has 0 heterocycles. The number of benzene rings is 3. The second-order valence-corrected chi connectivity index (χ2v) is 7.34. The van der Waals surface area contributed by atoms with E-state index in [1.807, 2.05) is 6.92 Å². The molecule has 0 N–H and O–H groups in total. The smallest absolute Gasteiger partial charge is 0.206 e. The molecule has 0 nitrogen and oxygen atoms in total. The maximum atomic E-state index is 14.7. The fourth-order valence-corrected chi connectivity index (χ4v) is 3.32. The van der Waals surface area contributed by atoms with Crippen molar-refractivity contribution in [3.05, 3.63) is 89.0 Å². The third-order valence-corrected chi connectivity index (χ3v) is 4.96. The molecule has 0 saturated heterocycles. The molecular formula is C25H19F7. The zero-order chi connectivity index (χ0) is 23.5. The zero-order valence-electron chi connectivity index (χ0n) is 17.0. The van der Waals surface area contributed by atoms with Gasteiger partial charge in [0, 0.05) is 22.8 Å². The van der Waals surface area contributed by atoms with Crippen molar-refractivity contribution >= 4 is 6.08 Å². The van der Waals surface area contributed by atoms with Gasteiger partial charge in [-0.25, -0.2) is 17.6 Å². The second-order valence-electron chi connectivity index (χ2n) is 7.34. The Kier molecular flexibility index (Phi) is 7.06. The molecule has 0 aromatic heterocycles. The summed E-state index contributed by atoms with van der Waals surface area (Å²) >= 11 is 0. The van der Waals surface area contributed by atoms with Gasteiger partial charge in [-0.05, 0) is 59.9 Å². The van der Waals surface area contributed by atoms with Gasteiger partial charge in [0.25, 0.3) is 0 Å². The number of halogens is 7. The molecule has 0 fully saturated rings. The van der Waals surface area contributed by atoms with E-state index in [9.17, 15) is 30.7 Å². The van der Waals surface area contributed by atoms with Crippen LogP contribution in [-0.2, 0) is 6.42 Å². The van der Waals surface area contributed by atoms with Crippen molar-refractivity contribution in [1.82, 2.24) is 0 Å². The Morgan fingerprint density at radius 1 is 0.719 bits per heavy atom. The molecule has 0 bridgehead atoms. The maximum absolute atomic E-state index is 14.7. The van der Waals surface area contributed by atoms with Crippen LogP contribution in [0.15, 0.2) is 54.6 Å². The monoisotopic (exact) mass is 452 g/mol. The highest BCUT2D eigenvalue weighted by Gasteiger charge is 2.23. The van der Waals surface area contributed by atoms with Crippen LogP contribution in [0, 0.1) is 23.3 Å². The third kappa shape index (κ3) is 5.58. The van der Waals surface area contributed by atoms with Crippen molar-refractivity contribution in [2.45, 2.75) is 32.4 Å². The summed E-state index contributed by atoms with van der Waals surface area (Å²) in [5.74, 6) is -3.90. The predicted octanol–water partition coefficient (Wildman–Crippen LogP) is 8.50. The molecular weight excluding hydrogens is 433 g/mol. The van der Waals surface area contributed by atoms with E-state index in [1.165, 1.54) is 18.2 Å². The van der Waals surface area contributed by atoms with Crippen LogP contribution >= 0.6 is 0 Å². The number of allylic oxidation sites excluding steroid dienone is 1. The summed E-state index contributed by atoms with van der Waals surface area (Å²) in [4.78, 5) is 0. The Morgan fingerprint density at radius 3 is 1.84 bits per heavy atom. The molecule has 3 aromatic rings. The van der Waals surface area contributed by atoms with Gasteiger partial charge in [-0.2, -0.15) is 13.2 Å². The summed E-state index contributed by atoms with van der Waals surface area (Å²) < 4.78 is 94.5. The van der Waals surface area contributed by atoms with E-state index in [-0.39, 0.29) is 34.4 Å². The largest absolute Gasteiger partial charge is 0.409 e. The number of hydrogen-bond acceptors (Lipinski definition) is 0.